The second-order valence-electron chi connectivity index (χ2n) is 2.99. The van der Waals surface area contributed by atoms with Gasteiger partial charge in [-0.05, 0) is 10.6 Å². The molecular formula is C6H3N7O6. The molecule has 0 spiro atoms. The molecule has 1 aromatic rings. The van der Waals surface area contributed by atoms with Crippen molar-refractivity contribution < 1.29 is 14.8 Å². The van der Waals surface area contributed by atoms with Gasteiger partial charge < -0.3 is 5.73 Å². The molecule has 0 aliphatic heterocycles. The van der Waals surface area contributed by atoms with Crippen LogP contribution in [0.25, 0.3) is 10.4 Å². The molecule has 0 amide bonds. The monoisotopic (exact) mass is 269 g/mol. The highest BCUT2D eigenvalue weighted by Gasteiger charge is 2.34. The summed E-state index contributed by atoms with van der Waals surface area (Å²) in [5, 5.41) is 34.9. The smallest absolute Gasteiger partial charge is 0.315 e. The fourth-order valence-corrected chi connectivity index (χ4v) is 1.26. The Morgan fingerprint density at radius 2 is 1.63 bits per heavy atom. The van der Waals surface area contributed by atoms with Crippen LogP contribution in [0.15, 0.2) is 11.2 Å². The summed E-state index contributed by atoms with van der Waals surface area (Å²) in [7, 11) is 0. The van der Waals surface area contributed by atoms with E-state index in [0.717, 1.165) is 0 Å². The number of nitrogens with two attached hydrogens (primary N) is 1. The van der Waals surface area contributed by atoms with E-state index in [2.05, 4.69) is 10.0 Å². The van der Waals surface area contributed by atoms with E-state index in [4.69, 9.17) is 11.3 Å². The number of anilines is 1. The van der Waals surface area contributed by atoms with Crippen LogP contribution >= 0.6 is 0 Å². The first-order chi connectivity index (χ1) is 8.81. The lowest BCUT2D eigenvalue weighted by Crippen LogP contribution is -2.03. The lowest BCUT2D eigenvalue weighted by molar-refractivity contribution is -0.400. The average Bonchev–Trinajstić information content (AvgIpc) is 2.27. The van der Waals surface area contributed by atoms with Crippen molar-refractivity contribution in [2.75, 3.05) is 5.73 Å². The molecule has 0 bridgehead atoms. The number of hydrogen-bond acceptors (Lipinski definition) is 8. The fraction of sp³-hybridized carbons (Fsp3) is 0. The van der Waals surface area contributed by atoms with Gasteiger partial charge in [-0.25, -0.2) is 0 Å². The number of nitrogens with zero attached hydrogens (tertiary/aromatic N) is 6. The van der Waals surface area contributed by atoms with Crippen molar-refractivity contribution in [1.29, 1.82) is 0 Å². The van der Waals surface area contributed by atoms with Crippen LogP contribution in [0.1, 0.15) is 0 Å². The number of azide groups is 1. The maximum atomic E-state index is 10.8. The Morgan fingerprint density at radius 1 is 1.11 bits per heavy atom. The summed E-state index contributed by atoms with van der Waals surface area (Å²) >= 11 is 0. The van der Waals surface area contributed by atoms with Crippen molar-refractivity contribution in [2.45, 2.75) is 0 Å². The van der Waals surface area contributed by atoms with Gasteiger partial charge in [0, 0.05) is 4.91 Å². The first-order valence-corrected chi connectivity index (χ1v) is 4.26. The van der Waals surface area contributed by atoms with Crippen molar-refractivity contribution >= 4 is 28.4 Å². The van der Waals surface area contributed by atoms with Gasteiger partial charge in [-0.2, -0.15) is 0 Å². The molecule has 1 rings (SSSR count). The first-order valence-electron chi connectivity index (χ1n) is 4.26. The molecule has 0 radical (unpaired) electrons. The molecule has 0 aliphatic carbocycles. The van der Waals surface area contributed by atoms with Crippen molar-refractivity contribution in [2.24, 2.45) is 5.11 Å². The molecule has 98 valence electrons. The molecule has 0 heterocycles. The largest absolute Gasteiger partial charge is 0.387 e. The number of nitro benzene ring substituents is 3. The highest BCUT2D eigenvalue weighted by atomic mass is 16.6. The highest BCUT2D eigenvalue weighted by molar-refractivity contribution is 5.86. The SMILES string of the molecule is [N-]=[N+]=Nc1c([N+](=O)[O-])cc([N+](=O)[O-])c(N)c1[N+](=O)[O-]. The van der Waals surface area contributed by atoms with E-state index < -0.39 is 43.2 Å². The van der Waals surface area contributed by atoms with E-state index >= 15 is 0 Å². The number of hydrogen-bond donors (Lipinski definition) is 1. The Hall–Kier alpha value is -3.47. The quantitative estimate of drug-likeness (QED) is 0.214. The minimum atomic E-state index is -1.20. The van der Waals surface area contributed by atoms with Gasteiger partial charge in [-0.15, -0.1) is 0 Å². The summed E-state index contributed by atoms with van der Waals surface area (Å²) in [5.74, 6) is 0. The molecule has 19 heavy (non-hydrogen) atoms. The van der Waals surface area contributed by atoms with Gasteiger partial charge in [-0.3, -0.25) is 30.3 Å². The van der Waals surface area contributed by atoms with E-state index in [9.17, 15) is 30.3 Å². The summed E-state index contributed by atoms with van der Waals surface area (Å²) in [5.41, 5.74) is 8.24. The maximum Gasteiger partial charge on any atom is 0.315 e. The van der Waals surface area contributed by atoms with Crippen LogP contribution in [0.5, 0.6) is 0 Å². The second-order valence-corrected chi connectivity index (χ2v) is 2.99. The molecule has 0 fully saturated rings. The van der Waals surface area contributed by atoms with Crippen LogP contribution < -0.4 is 5.73 Å². The summed E-state index contributed by atoms with van der Waals surface area (Å²) < 4.78 is 0. The number of nitro groups is 3. The summed E-state index contributed by atoms with van der Waals surface area (Å²) in [6.07, 6.45) is 0. The molecule has 13 nitrogen and oxygen atoms in total. The van der Waals surface area contributed by atoms with Gasteiger partial charge in [0.1, 0.15) is 0 Å². The summed E-state index contributed by atoms with van der Waals surface area (Å²) in [4.78, 5) is 30.8. The third kappa shape index (κ3) is 2.29. The van der Waals surface area contributed by atoms with Crippen LogP contribution in [0.3, 0.4) is 0 Å². The normalized spacial score (nSPS) is 9.47. The van der Waals surface area contributed by atoms with E-state index in [1.807, 2.05) is 0 Å². The Labute approximate surface area is 102 Å². The molecule has 0 atom stereocenters. The third-order valence-corrected chi connectivity index (χ3v) is 1.99. The Kier molecular flexibility index (Phi) is 3.44. The Bertz CT molecular complexity index is 648. The topological polar surface area (TPSA) is 204 Å². The average molecular weight is 269 g/mol. The van der Waals surface area contributed by atoms with Crippen LogP contribution in [-0.4, -0.2) is 14.8 Å². The fourth-order valence-electron chi connectivity index (χ4n) is 1.26. The van der Waals surface area contributed by atoms with Gasteiger partial charge in [0.25, 0.3) is 5.69 Å². The lowest BCUT2D eigenvalue weighted by atomic mass is 10.1. The minimum Gasteiger partial charge on any atom is -0.387 e. The molecular weight excluding hydrogens is 266 g/mol. The number of nitrogen functional groups attached to an aromatic ring is 1. The molecule has 1 aromatic carbocycles. The Morgan fingerprint density at radius 3 is 2.00 bits per heavy atom. The standard InChI is InChI=1S/C6H3N7O6/c7-4-2(11(14)15)1-3(12(16)17)5(9-10-8)6(4)13(18)19/h1H,7H2. The molecule has 0 unspecified atom stereocenters. The molecule has 0 aliphatic rings. The van der Waals surface area contributed by atoms with Crippen LogP contribution in [-0.2, 0) is 0 Å². The van der Waals surface area contributed by atoms with E-state index in [1.165, 1.54) is 0 Å². The maximum absolute atomic E-state index is 10.8. The summed E-state index contributed by atoms with van der Waals surface area (Å²) in [6.45, 7) is 0. The van der Waals surface area contributed by atoms with Gasteiger partial charge in [0.05, 0.1) is 20.8 Å². The molecule has 0 saturated heterocycles. The van der Waals surface area contributed by atoms with Gasteiger partial charge >= 0.3 is 11.4 Å². The van der Waals surface area contributed by atoms with Gasteiger partial charge in [-0.1, -0.05) is 0 Å². The van der Waals surface area contributed by atoms with E-state index in [0.29, 0.717) is 6.07 Å². The minimum absolute atomic E-state index is 0.395. The zero-order valence-electron chi connectivity index (χ0n) is 8.79. The molecule has 13 heteroatoms. The Balaban J connectivity index is 3.93. The molecule has 0 aromatic heterocycles. The predicted octanol–water partition coefficient (Wildman–Crippen LogP) is 1.94. The molecule has 2 N–H and O–H groups in total. The van der Waals surface area contributed by atoms with Crippen LogP contribution in [0.4, 0.5) is 28.4 Å². The molecule has 0 saturated carbocycles. The van der Waals surface area contributed by atoms with Crippen molar-refractivity contribution in [3.05, 3.63) is 46.9 Å². The lowest BCUT2D eigenvalue weighted by Gasteiger charge is -2.02. The van der Waals surface area contributed by atoms with Crippen LogP contribution in [0.2, 0.25) is 0 Å². The number of benzene rings is 1. The van der Waals surface area contributed by atoms with Crippen molar-refractivity contribution in [3.8, 4) is 0 Å². The third-order valence-electron chi connectivity index (χ3n) is 1.99. The second kappa shape index (κ2) is 4.80. The van der Waals surface area contributed by atoms with Gasteiger partial charge in [0.2, 0.25) is 0 Å². The highest BCUT2D eigenvalue weighted by Crippen LogP contribution is 2.46. The van der Waals surface area contributed by atoms with Crippen molar-refractivity contribution in [1.82, 2.24) is 0 Å². The predicted molar refractivity (Wildman–Crippen MR) is 59.6 cm³/mol. The van der Waals surface area contributed by atoms with Crippen molar-refractivity contribution in [3.63, 3.8) is 0 Å². The zero-order chi connectivity index (χ0) is 14.7. The zero-order valence-corrected chi connectivity index (χ0v) is 8.79. The van der Waals surface area contributed by atoms with Gasteiger partial charge in [0.15, 0.2) is 11.4 Å². The summed E-state index contributed by atoms with van der Waals surface area (Å²) in [6, 6.07) is 0.395. The van der Waals surface area contributed by atoms with E-state index in [1.54, 1.807) is 0 Å². The first kappa shape index (κ1) is 13.6. The number of rotatable bonds is 4. The van der Waals surface area contributed by atoms with Crippen LogP contribution in [0, 0.1) is 30.3 Å². The van der Waals surface area contributed by atoms with E-state index in [-0.39, 0.29) is 0 Å².